The highest BCUT2D eigenvalue weighted by Gasteiger charge is 2.44. The van der Waals surface area contributed by atoms with Crippen molar-refractivity contribution < 1.29 is 23.9 Å². The van der Waals surface area contributed by atoms with Crippen molar-refractivity contribution in [1.82, 2.24) is 4.90 Å². The van der Waals surface area contributed by atoms with Crippen LogP contribution in [0.3, 0.4) is 0 Å². The minimum atomic E-state index is -0.848. The number of imide groups is 1. The number of benzene rings is 3. The van der Waals surface area contributed by atoms with E-state index in [1.54, 1.807) is 43.4 Å². The van der Waals surface area contributed by atoms with Crippen LogP contribution in [0.1, 0.15) is 17.5 Å². The molecule has 3 aromatic rings. The van der Waals surface area contributed by atoms with E-state index in [9.17, 15) is 14.4 Å². The number of anilines is 1. The van der Waals surface area contributed by atoms with Crippen LogP contribution in [0, 0.1) is 0 Å². The molecule has 35 heavy (non-hydrogen) atoms. The standard InChI is InChI=1S/C28H28N2O5/c1-34-24-14-13-21(17-25(24)35-2)15-16-29(26(31)18-20-9-5-3-6-10-20)23-19-27(32)30(28(23)33)22-11-7-4-8-12-22/h3-14,17,23H,15-16,18-19H2,1-2H3. The Morgan fingerprint density at radius 2 is 1.54 bits per heavy atom. The summed E-state index contributed by atoms with van der Waals surface area (Å²) in [6.45, 7) is 0.285. The number of hydrogen-bond donors (Lipinski definition) is 0. The first-order valence-corrected chi connectivity index (χ1v) is 11.5. The third-order valence-electron chi connectivity index (χ3n) is 6.12. The van der Waals surface area contributed by atoms with Gasteiger partial charge < -0.3 is 14.4 Å². The Kier molecular flexibility index (Phi) is 7.45. The van der Waals surface area contributed by atoms with Gasteiger partial charge in [-0.2, -0.15) is 0 Å². The van der Waals surface area contributed by atoms with Crippen LogP contribution >= 0.6 is 0 Å². The second-order valence-corrected chi connectivity index (χ2v) is 8.31. The third-order valence-corrected chi connectivity index (χ3v) is 6.12. The summed E-state index contributed by atoms with van der Waals surface area (Å²) in [4.78, 5) is 42.4. The summed E-state index contributed by atoms with van der Waals surface area (Å²) < 4.78 is 10.7. The molecule has 3 aromatic carbocycles. The van der Waals surface area contributed by atoms with Gasteiger partial charge in [0.2, 0.25) is 11.8 Å². The minimum Gasteiger partial charge on any atom is -0.493 e. The number of para-hydroxylation sites is 1. The fraction of sp³-hybridized carbons (Fsp3) is 0.250. The number of carbonyl (C=O) groups is 3. The van der Waals surface area contributed by atoms with Crippen molar-refractivity contribution in [2.75, 3.05) is 25.7 Å². The highest BCUT2D eigenvalue weighted by atomic mass is 16.5. The van der Waals surface area contributed by atoms with E-state index in [-0.39, 0.29) is 37.1 Å². The Balaban J connectivity index is 1.58. The van der Waals surface area contributed by atoms with E-state index >= 15 is 0 Å². The zero-order valence-corrected chi connectivity index (χ0v) is 19.8. The molecule has 1 unspecified atom stereocenters. The summed E-state index contributed by atoms with van der Waals surface area (Å²) in [6, 6.07) is 22.9. The van der Waals surface area contributed by atoms with Crippen molar-refractivity contribution >= 4 is 23.4 Å². The van der Waals surface area contributed by atoms with Crippen molar-refractivity contribution in [2.45, 2.75) is 25.3 Å². The highest BCUT2D eigenvalue weighted by molar-refractivity contribution is 6.23. The van der Waals surface area contributed by atoms with Gasteiger partial charge in [0.15, 0.2) is 11.5 Å². The van der Waals surface area contributed by atoms with Gasteiger partial charge in [0, 0.05) is 6.54 Å². The summed E-state index contributed by atoms with van der Waals surface area (Å²) in [6.07, 6.45) is 0.598. The van der Waals surface area contributed by atoms with Crippen molar-refractivity contribution in [2.24, 2.45) is 0 Å². The molecule has 1 heterocycles. The van der Waals surface area contributed by atoms with Gasteiger partial charge in [0.1, 0.15) is 6.04 Å². The Hall–Kier alpha value is -4.13. The Labute approximate surface area is 204 Å². The van der Waals surface area contributed by atoms with Crippen LogP contribution in [0.2, 0.25) is 0 Å². The van der Waals surface area contributed by atoms with Gasteiger partial charge in [0.05, 0.1) is 32.7 Å². The van der Waals surface area contributed by atoms with Gasteiger partial charge in [-0.05, 0) is 41.8 Å². The van der Waals surface area contributed by atoms with Crippen molar-refractivity contribution in [3.8, 4) is 11.5 Å². The number of methoxy groups -OCH3 is 2. The van der Waals surface area contributed by atoms with E-state index in [0.717, 1.165) is 11.1 Å². The van der Waals surface area contributed by atoms with Gasteiger partial charge >= 0.3 is 0 Å². The zero-order valence-electron chi connectivity index (χ0n) is 19.8. The number of nitrogens with zero attached hydrogens (tertiary/aromatic N) is 2. The van der Waals surface area contributed by atoms with E-state index in [2.05, 4.69) is 0 Å². The van der Waals surface area contributed by atoms with Crippen LogP contribution < -0.4 is 14.4 Å². The van der Waals surface area contributed by atoms with Crippen LogP contribution in [0.15, 0.2) is 78.9 Å². The van der Waals surface area contributed by atoms with Crippen molar-refractivity contribution in [3.05, 3.63) is 90.0 Å². The first-order chi connectivity index (χ1) is 17.0. The normalized spacial score (nSPS) is 15.3. The molecule has 0 saturated carbocycles. The Bertz CT molecular complexity index is 1200. The average molecular weight is 473 g/mol. The lowest BCUT2D eigenvalue weighted by Gasteiger charge is -2.28. The molecule has 1 aliphatic heterocycles. The van der Waals surface area contributed by atoms with E-state index in [1.807, 2.05) is 54.6 Å². The van der Waals surface area contributed by atoms with E-state index < -0.39 is 6.04 Å². The number of carbonyl (C=O) groups excluding carboxylic acids is 3. The molecule has 0 bridgehead atoms. The average Bonchev–Trinajstić information content (AvgIpc) is 3.18. The lowest BCUT2D eigenvalue weighted by molar-refractivity contribution is -0.137. The van der Waals surface area contributed by atoms with Crippen molar-refractivity contribution in [1.29, 1.82) is 0 Å². The van der Waals surface area contributed by atoms with Crippen LogP contribution in [-0.4, -0.2) is 49.4 Å². The van der Waals surface area contributed by atoms with Crippen molar-refractivity contribution in [3.63, 3.8) is 0 Å². The maximum absolute atomic E-state index is 13.4. The first-order valence-electron chi connectivity index (χ1n) is 11.5. The molecule has 7 heteroatoms. The van der Waals surface area contributed by atoms with Crippen LogP contribution in [0.25, 0.3) is 0 Å². The number of rotatable bonds is 9. The van der Waals surface area contributed by atoms with Gasteiger partial charge in [-0.25, -0.2) is 4.90 Å². The number of hydrogen-bond acceptors (Lipinski definition) is 5. The molecule has 0 aromatic heterocycles. The molecule has 180 valence electrons. The summed E-state index contributed by atoms with van der Waals surface area (Å²) in [5, 5.41) is 0. The van der Waals surface area contributed by atoms with Crippen LogP contribution in [0.5, 0.6) is 11.5 Å². The minimum absolute atomic E-state index is 0.0415. The smallest absolute Gasteiger partial charge is 0.257 e. The summed E-state index contributed by atoms with van der Waals surface area (Å²) in [5.41, 5.74) is 2.29. The molecule has 3 amide bonds. The maximum atomic E-state index is 13.4. The molecule has 0 spiro atoms. The van der Waals surface area contributed by atoms with E-state index in [1.165, 1.54) is 4.90 Å². The molecule has 1 fully saturated rings. The van der Waals surface area contributed by atoms with Gasteiger partial charge in [-0.15, -0.1) is 0 Å². The maximum Gasteiger partial charge on any atom is 0.257 e. The Morgan fingerprint density at radius 3 is 2.20 bits per heavy atom. The fourth-order valence-corrected chi connectivity index (χ4v) is 4.32. The topological polar surface area (TPSA) is 76.2 Å². The molecule has 0 aliphatic carbocycles. The molecule has 7 nitrogen and oxygen atoms in total. The van der Waals surface area contributed by atoms with Gasteiger partial charge in [-0.1, -0.05) is 54.6 Å². The zero-order chi connectivity index (χ0) is 24.8. The first kappa shape index (κ1) is 24.0. The predicted molar refractivity (Wildman–Crippen MR) is 132 cm³/mol. The SMILES string of the molecule is COc1ccc(CCN(C(=O)Cc2ccccc2)C2CC(=O)N(c3ccccc3)C2=O)cc1OC. The third kappa shape index (κ3) is 5.35. The monoisotopic (exact) mass is 472 g/mol. The molecule has 1 aliphatic rings. The summed E-state index contributed by atoms with van der Waals surface area (Å²) >= 11 is 0. The molecule has 0 N–H and O–H groups in total. The predicted octanol–water partition coefficient (Wildman–Crippen LogP) is 3.65. The highest BCUT2D eigenvalue weighted by Crippen LogP contribution is 2.29. The molecular weight excluding hydrogens is 444 g/mol. The molecule has 1 saturated heterocycles. The fourth-order valence-electron chi connectivity index (χ4n) is 4.32. The lowest BCUT2D eigenvalue weighted by atomic mass is 10.1. The van der Waals surface area contributed by atoms with Gasteiger partial charge in [0.25, 0.3) is 5.91 Å². The molecular formula is C28H28N2O5. The summed E-state index contributed by atoms with van der Waals surface area (Å²) in [5.74, 6) is 0.320. The largest absolute Gasteiger partial charge is 0.493 e. The number of amides is 3. The number of ether oxygens (including phenoxy) is 2. The lowest BCUT2D eigenvalue weighted by Crippen LogP contribution is -2.47. The molecule has 0 radical (unpaired) electrons. The molecule has 1 atom stereocenters. The second kappa shape index (κ2) is 10.9. The second-order valence-electron chi connectivity index (χ2n) is 8.31. The Morgan fingerprint density at radius 1 is 0.886 bits per heavy atom. The summed E-state index contributed by atoms with van der Waals surface area (Å²) in [7, 11) is 3.14. The van der Waals surface area contributed by atoms with Crippen LogP contribution in [0.4, 0.5) is 5.69 Å². The van der Waals surface area contributed by atoms with E-state index in [0.29, 0.717) is 23.6 Å². The quantitative estimate of drug-likeness (QED) is 0.445. The molecule has 4 rings (SSSR count). The van der Waals surface area contributed by atoms with Gasteiger partial charge in [-0.3, -0.25) is 14.4 Å². The van der Waals surface area contributed by atoms with E-state index in [4.69, 9.17) is 9.47 Å². The van der Waals surface area contributed by atoms with Crippen LogP contribution in [-0.2, 0) is 27.2 Å².